The van der Waals surface area contributed by atoms with Crippen LogP contribution in [0.15, 0.2) is 97.6 Å². The minimum Gasteiger partial charge on any atom is -0.388 e. The first-order valence-corrected chi connectivity index (χ1v) is 35.1. The minimum absolute atomic E-state index is 0. The van der Waals surface area contributed by atoms with Gasteiger partial charge in [0, 0.05) is 98.7 Å². The summed E-state index contributed by atoms with van der Waals surface area (Å²) < 4.78 is 0. The second kappa shape index (κ2) is 29.4. The maximum absolute atomic E-state index is 11.2. The van der Waals surface area contributed by atoms with Crippen molar-refractivity contribution in [3.8, 4) is 61.2 Å². The van der Waals surface area contributed by atoms with E-state index in [0.29, 0.717) is 125 Å². The van der Waals surface area contributed by atoms with Crippen LogP contribution in [0.4, 0.5) is 46.5 Å². The van der Waals surface area contributed by atoms with Crippen molar-refractivity contribution in [1.29, 1.82) is 5.26 Å². The summed E-state index contributed by atoms with van der Waals surface area (Å²) >= 11 is 24.3. The third kappa shape index (κ3) is 16.8. The summed E-state index contributed by atoms with van der Waals surface area (Å²) in [6.07, 6.45) is 20.9. The lowest BCUT2D eigenvalue weighted by Gasteiger charge is -2.06. The van der Waals surface area contributed by atoms with Crippen LogP contribution in [0.1, 0.15) is 161 Å². The summed E-state index contributed by atoms with van der Waals surface area (Å²) in [5.41, 5.74) is 10.4. The van der Waals surface area contributed by atoms with Crippen LogP contribution in [-0.2, 0) is 6.42 Å². The van der Waals surface area contributed by atoms with Crippen molar-refractivity contribution in [2.24, 2.45) is 5.73 Å². The Bertz CT molecular complexity index is 4750. The van der Waals surface area contributed by atoms with Gasteiger partial charge in [0.1, 0.15) is 15.1 Å². The zero-order valence-electron chi connectivity index (χ0n) is 51.6. The van der Waals surface area contributed by atoms with Crippen LogP contribution in [-0.4, -0.2) is 96.8 Å². The number of aromatic amines is 4. The summed E-state index contributed by atoms with van der Waals surface area (Å²) in [5, 5.41) is 71.1. The first-order valence-electron chi connectivity index (χ1n) is 30.7. The summed E-state index contributed by atoms with van der Waals surface area (Å²) in [6, 6.07) is 24.9. The number of hydrogen-bond acceptors (Lipinski definition) is 24. The molecule has 4 aliphatic carbocycles. The van der Waals surface area contributed by atoms with E-state index in [0.717, 1.165) is 56.9 Å². The molecular weight excluding hydrogens is 1370 g/mol. The smallest absolute Gasteiger partial charge is 0.258 e. The van der Waals surface area contributed by atoms with Gasteiger partial charge < -0.3 is 37.2 Å². The predicted molar refractivity (Wildman–Crippen MR) is 389 cm³/mol. The minimum atomic E-state index is -0.501. The number of nitrogens with one attached hydrogen (secondary N) is 8. The average molecular weight is 1440 g/mol. The number of nitrogens with two attached hydrogens (primary N) is 1. The Hall–Kier alpha value is -9.53. The Labute approximate surface area is 593 Å². The fourth-order valence-corrected chi connectivity index (χ4v) is 13.4. The van der Waals surface area contributed by atoms with Crippen LogP contribution >= 0.6 is 80.1 Å². The highest BCUT2D eigenvalue weighted by Gasteiger charge is 2.29. The van der Waals surface area contributed by atoms with Gasteiger partial charge in [0.25, 0.3) is 5.91 Å². The normalized spacial score (nSPS) is 14.5. The quantitative estimate of drug-likeness (QED) is 0.0316. The molecule has 16 rings (SSSR count). The third-order valence-corrected chi connectivity index (χ3v) is 20.9. The first-order chi connectivity index (χ1) is 47.1. The van der Waals surface area contributed by atoms with Gasteiger partial charge in [-0.1, -0.05) is 40.7 Å². The van der Waals surface area contributed by atoms with Crippen molar-refractivity contribution in [1.82, 2.24) is 80.7 Å². The molecule has 12 aromatic rings. The van der Waals surface area contributed by atoms with Crippen LogP contribution < -0.4 is 27.0 Å². The number of nitrogens with zero attached hydrogens (tertiary/aromatic N) is 13. The van der Waals surface area contributed by atoms with Crippen molar-refractivity contribution >= 4 is 133 Å². The van der Waals surface area contributed by atoms with Crippen LogP contribution in [0.25, 0.3) is 42.8 Å². The fourth-order valence-electron chi connectivity index (χ4n) is 9.58. The molecule has 25 nitrogen and oxygen atoms in total. The van der Waals surface area contributed by atoms with Crippen molar-refractivity contribution in [3.63, 3.8) is 0 Å². The number of amides is 1. The van der Waals surface area contributed by atoms with Crippen LogP contribution in [0.2, 0.25) is 15.1 Å². The van der Waals surface area contributed by atoms with Crippen LogP contribution in [0.5, 0.6) is 0 Å². The molecule has 12 N–H and O–H groups in total. The Balaban J connectivity index is 0.000000170. The van der Waals surface area contributed by atoms with E-state index in [-0.39, 0.29) is 7.13 Å². The van der Waals surface area contributed by atoms with Gasteiger partial charge in [0.15, 0.2) is 69.8 Å². The highest BCUT2D eigenvalue weighted by atomic mass is 35.5. The van der Waals surface area contributed by atoms with E-state index < -0.39 is 18.1 Å². The van der Waals surface area contributed by atoms with Crippen molar-refractivity contribution in [3.05, 3.63) is 160 Å². The fraction of sp³-hybridized carbons (Fsp3) is 0.262. The number of nitriles is 1. The lowest BCUT2D eigenvalue weighted by Crippen LogP contribution is -2.08. The number of hydrogen-bond donors (Lipinski definition) is 11. The zero-order valence-corrected chi connectivity index (χ0v) is 57.1. The number of primary amides is 1. The number of rotatable bonds is 20. The van der Waals surface area contributed by atoms with Crippen molar-refractivity contribution in [2.75, 3.05) is 21.3 Å². The lowest BCUT2D eigenvalue weighted by atomic mass is 10.3. The molecule has 1 amide bonds. The molecule has 4 aliphatic rings. The molecule has 12 aromatic heterocycles. The molecule has 4 saturated carbocycles. The van der Waals surface area contributed by atoms with E-state index in [1.54, 1.807) is 44.6 Å². The second-order valence-corrected chi connectivity index (χ2v) is 28.8. The number of aliphatic hydroxyl groups is 2. The maximum atomic E-state index is 11.2. The Morgan fingerprint density at radius 1 is 0.546 bits per heavy atom. The number of carbonyl (C=O) groups excluding carboxylic acids is 1. The third-order valence-electron chi connectivity index (χ3n) is 15.3. The summed E-state index contributed by atoms with van der Waals surface area (Å²) in [5.74, 6) is 11.5. The number of aromatic nitrogens is 16. The Morgan fingerprint density at radius 2 is 0.887 bits per heavy atom. The van der Waals surface area contributed by atoms with E-state index in [1.165, 1.54) is 103 Å². The van der Waals surface area contributed by atoms with Gasteiger partial charge in [-0.2, -0.15) is 25.7 Å². The van der Waals surface area contributed by atoms with Crippen LogP contribution in [0, 0.1) is 23.7 Å². The molecule has 0 aliphatic heterocycles. The molecule has 0 radical (unpaired) electrons. The van der Waals surface area contributed by atoms with E-state index in [4.69, 9.17) is 52.2 Å². The molecule has 0 bridgehead atoms. The number of carbonyl (C=O) groups is 1. The van der Waals surface area contributed by atoms with Gasteiger partial charge in [-0.25, -0.2) is 39.9 Å². The highest BCUT2D eigenvalue weighted by Crippen LogP contribution is 2.44. The molecule has 0 saturated heterocycles. The molecular formula is C65H69Cl3N22O3S4. The van der Waals surface area contributed by atoms with Gasteiger partial charge in [0.2, 0.25) is 0 Å². The molecule has 2 atom stereocenters. The highest BCUT2D eigenvalue weighted by molar-refractivity contribution is 7.17. The molecule has 0 unspecified atom stereocenters. The number of terminal acetylenes is 1. The van der Waals surface area contributed by atoms with E-state index in [2.05, 4.69) is 114 Å². The monoisotopic (exact) mass is 1440 g/mol. The molecule has 4 fully saturated rings. The Kier molecular flexibility index (Phi) is 20.1. The van der Waals surface area contributed by atoms with Crippen molar-refractivity contribution in [2.45, 2.75) is 108 Å². The van der Waals surface area contributed by atoms with Crippen molar-refractivity contribution < 1.29 is 22.1 Å². The largest absolute Gasteiger partial charge is 0.388 e. The molecule has 32 heteroatoms. The van der Waals surface area contributed by atoms with Gasteiger partial charge in [-0.3, -0.25) is 25.2 Å². The van der Waals surface area contributed by atoms with E-state index in [1.807, 2.05) is 60.7 Å². The zero-order chi connectivity index (χ0) is 67.3. The summed E-state index contributed by atoms with van der Waals surface area (Å²) in [7, 11) is 0. The molecule has 0 aromatic carbocycles. The molecule has 0 spiro atoms. The van der Waals surface area contributed by atoms with E-state index >= 15 is 0 Å². The average Bonchev–Trinajstić information content (AvgIpc) is 1.53. The predicted octanol–water partition coefficient (Wildman–Crippen LogP) is 16.6. The van der Waals surface area contributed by atoms with Gasteiger partial charge in [-0.05, 0) is 114 Å². The number of halogens is 3. The number of H-pyrrole nitrogens is 4. The van der Waals surface area contributed by atoms with E-state index in [9.17, 15) is 15.0 Å². The second-order valence-electron chi connectivity index (χ2n) is 23.1. The van der Waals surface area contributed by atoms with Crippen LogP contribution in [0.3, 0.4) is 0 Å². The number of aliphatic hydroxyl groups excluding tert-OH is 2. The summed E-state index contributed by atoms with van der Waals surface area (Å²) in [4.78, 5) is 52.9. The van der Waals surface area contributed by atoms with Gasteiger partial charge in [-0.15, -0.1) is 51.8 Å². The molecule has 502 valence electrons. The topological polar surface area (TPSA) is 373 Å². The lowest BCUT2D eigenvalue weighted by molar-refractivity contribution is 0.100. The SMILES string of the molecule is C#Cc1cnc(-c2ccc(CC#N)s2)nc1Nc1cc(C2CC2)[nH]n1.C[C@@H](O)c1ccc(-c2ncc(Cl)c(Nc3cc(C4CC4)[nH]n3)n2)s1.C[C@H](O)c1ccc(-c2ncc(Cl)c(Nc3cc(C4CC4)[nH]n3)n2)s1.NC(=O)c1ccc(-c2ncc(Cl)c(Nc3cc(C4CC4)[nH]n3)n2)s1.[HH].[HH].[HH].[HH].[HH]. The molecule has 12 heterocycles. The summed E-state index contributed by atoms with van der Waals surface area (Å²) in [6.45, 7) is 3.47. The molecule has 97 heavy (non-hydrogen) atoms. The number of thiophene rings is 4. The standard InChI is InChI=1S/C18H14N6S.2C16H16ClN5OS.C15H13ClN6OS.5H2/c1-2-11-10-20-18(15-6-5-13(25-15)7-8-19)22-17(11)21-16-9-14(23-24-16)12-3-4-12;2*1-8(23)12-4-5-13(24-12)16-18-7-10(17)15(20-16)19-14-6-11(21-22-14)9-2-3-9;16-8-6-18-15(11-4-3-10(24-11)13(17)23)20-14(8)19-12-5-9(21-22-12)7-1-2-7;;;;;/h1,5-6,9-10,12H,3-4,7H2,(H2,20,21,22,23,24);2*4-9,23H,2-3H2,1H3,(H2,18,19,20,21,22);3-7H,1-2H2,(H2,17,23)(H2,18,19,20,21,22);5*1H/t;2*8-;;;;;;/m.10....../s1. The number of anilines is 8. The first kappa shape index (κ1) is 66.1. The van der Waals surface area contributed by atoms with Gasteiger partial charge >= 0.3 is 0 Å². The maximum Gasteiger partial charge on any atom is 0.258 e. The van der Waals surface area contributed by atoms with Gasteiger partial charge in [0.05, 0.1) is 73.2 Å². The Morgan fingerprint density at radius 3 is 1.23 bits per heavy atom.